The summed E-state index contributed by atoms with van der Waals surface area (Å²) in [4.78, 5) is 0. The molecule has 0 amide bonds. The van der Waals surface area contributed by atoms with E-state index in [1.54, 1.807) is 18.2 Å². The number of rotatable bonds is 3. The number of phenols is 1. The number of nitrogens with one attached hydrogen (secondary N) is 1. The van der Waals surface area contributed by atoms with Crippen molar-refractivity contribution in [2.24, 2.45) is 0 Å². The zero-order chi connectivity index (χ0) is 13.1. The first kappa shape index (κ1) is 12.8. The minimum atomic E-state index is -0.663. The molecule has 0 saturated heterocycles. The standard InChI is InChI=1S/C13H10BrF2NO/c14-9-4-1-3-8(13(9)18)7-17-12-10(15)5-2-6-11(12)16/h1-6,17-18H,7H2. The van der Waals surface area contributed by atoms with Crippen LogP contribution in [0.25, 0.3) is 0 Å². The third-order valence-electron chi connectivity index (χ3n) is 2.49. The van der Waals surface area contributed by atoms with Crippen molar-refractivity contribution < 1.29 is 13.9 Å². The molecule has 0 unspecified atom stereocenters. The van der Waals surface area contributed by atoms with E-state index in [1.807, 2.05) is 0 Å². The monoisotopic (exact) mass is 313 g/mol. The van der Waals surface area contributed by atoms with Crippen LogP contribution in [0.3, 0.4) is 0 Å². The fraction of sp³-hybridized carbons (Fsp3) is 0.0769. The largest absolute Gasteiger partial charge is 0.506 e. The SMILES string of the molecule is Oc1c(Br)cccc1CNc1c(F)cccc1F. The van der Waals surface area contributed by atoms with Crippen molar-refractivity contribution in [2.45, 2.75) is 6.54 Å². The average molecular weight is 314 g/mol. The summed E-state index contributed by atoms with van der Waals surface area (Å²) < 4.78 is 27.3. The van der Waals surface area contributed by atoms with Gasteiger partial charge >= 0.3 is 0 Å². The van der Waals surface area contributed by atoms with Gasteiger partial charge in [-0.1, -0.05) is 18.2 Å². The van der Waals surface area contributed by atoms with Gasteiger partial charge in [0.1, 0.15) is 23.1 Å². The molecule has 0 atom stereocenters. The van der Waals surface area contributed by atoms with Crippen LogP contribution in [0, 0.1) is 11.6 Å². The lowest BCUT2D eigenvalue weighted by Crippen LogP contribution is -2.04. The second-order valence-electron chi connectivity index (χ2n) is 3.70. The Morgan fingerprint density at radius 2 is 1.67 bits per heavy atom. The molecule has 2 aromatic rings. The minimum Gasteiger partial charge on any atom is -0.506 e. The smallest absolute Gasteiger partial charge is 0.149 e. The highest BCUT2D eigenvalue weighted by molar-refractivity contribution is 9.10. The molecule has 0 aliphatic rings. The molecule has 0 saturated carbocycles. The molecule has 0 fully saturated rings. The van der Waals surface area contributed by atoms with Gasteiger partial charge in [0, 0.05) is 12.1 Å². The van der Waals surface area contributed by atoms with E-state index in [0.717, 1.165) is 0 Å². The lowest BCUT2D eigenvalue weighted by atomic mass is 10.2. The Labute approximate surface area is 111 Å². The summed E-state index contributed by atoms with van der Waals surface area (Å²) in [6.45, 7) is 0.128. The lowest BCUT2D eigenvalue weighted by molar-refractivity contribution is 0.465. The molecular formula is C13H10BrF2NO. The Hall–Kier alpha value is -1.62. The second-order valence-corrected chi connectivity index (χ2v) is 4.55. The molecule has 2 N–H and O–H groups in total. The number of hydrogen-bond donors (Lipinski definition) is 2. The number of phenolic OH excluding ortho intramolecular Hbond substituents is 1. The number of halogens is 3. The Bertz CT molecular complexity index is 555. The van der Waals surface area contributed by atoms with Gasteiger partial charge in [0.05, 0.1) is 4.47 Å². The van der Waals surface area contributed by atoms with Gasteiger partial charge in [-0.05, 0) is 34.1 Å². The molecule has 0 heterocycles. The summed E-state index contributed by atoms with van der Waals surface area (Å²) in [6.07, 6.45) is 0. The van der Waals surface area contributed by atoms with Crippen LogP contribution in [0.2, 0.25) is 0 Å². The van der Waals surface area contributed by atoms with Crippen molar-refractivity contribution in [1.82, 2.24) is 0 Å². The second kappa shape index (κ2) is 5.35. The topological polar surface area (TPSA) is 32.3 Å². The Balaban J connectivity index is 2.19. The Morgan fingerprint density at radius 1 is 1.06 bits per heavy atom. The van der Waals surface area contributed by atoms with Gasteiger partial charge in [0.25, 0.3) is 0 Å². The minimum absolute atomic E-state index is 0.0572. The highest BCUT2D eigenvalue weighted by atomic mass is 79.9. The number of para-hydroxylation sites is 2. The number of benzene rings is 2. The van der Waals surface area contributed by atoms with E-state index in [9.17, 15) is 13.9 Å². The van der Waals surface area contributed by atoms with E-state index in [-0.39, 0.29) is 18.0 Å². The van der Waals surface area contributed by atoms with Crippen molar-refractivity contribution in [3.63, 3.8) is 0 Å². The van der Waals surface area contributed by atoms with E-state index >= 15 is 0 Å². The number of anilines is 1. The zero-order valence-corrected chi connectivity index (χ0v) is 10.8. The van der Waals surface area contributed by atoms with Crippen LogP contribution >= 0.6 is 15.9 Å². The van der Waals surface area contributed by atoms with Crippen molar-refractivity contribution in [3.05, 3.63) is 58.1 Å². The van der Waals surface area contributed by atoms with Crippen molar-refractivity contribution in [3.8, 4) is 5.75 Å². The third-order valence-corrected chi connectivity index (χ3v) is 3.13. The van der Waals surface area contributed by atoms with E-state index in [0.29, 0.717) is 10.0 Å². The molecule has 0 aliphatic carbocycles. The Kier molecular flexibility index (Phi) is 3.81. The first-order valence-corrected chi connectivity index (χ1v) is 6.03. The number of aromatic hydroxyl groups is 1. The summed E-state index contributed by atoms with van der Waals surface area (Å²) in [5, 5.41) is 12.4. The third kappa shape index (κ3) is 2.61. The van der Waals surface area contributed by atoms with E-state index < -0.39 is 11.6 Å². The molecule has 94 valence electrons. The molecule has 5 heteroatoms. The summed E-state index contributed by atoms with van der Waals surface area (Å²) in [5.41, 5.74) is 0.351. The molecule has 0 aromatic heterocycles. The van der Waals surface area contributed by atoms with Crippen LogP contribution in [0.1, 0.15) is 5.56 Å². The van der Waals surface area contributed by atoms with Crippen LogP contribution in [0.4, 0.5) is 14.5 Å². The molecule has 0 aliphatic heterocycles. The van der Waals surface area contributed by atoms with Crippen LogP contribution in [-0.2, 0) is 6.54 Å². The van der Waals surface area contributed by atoms with Gasteiger partial charge in [-0.15, -0.1) is 0 Å². The summed E-state index contributed by atoms with van der Waals surface area (Å²) >= 11 is 3.18. The maximum Gasteiger partial charge on any atom is 0.149 e. The normalized spacial score (nSPS) is 10.4. The molecule has 2 nitrogen and oxygen atoms in total. The molecule has 2 aromatic carbocycles. The van der Waals surface area contributed by atoms with Gasteiger partial charge in [0.2, 0.25) is 0 Å². The van der Waals surface area contributed by atoms with Gasteiger partial charge in [-0.2, -0.15) is 0 Å². The first-order valence-electron chi connectivity index (χ1n) is 5.24. The van der Waals surface area contributed by atoms with E-state index in [1.165, 1.54) is 18.2 Å². The molecular weight excluding hydrogens is 304 g/mol. The highest BCUT2D eigenvalue weighted by Crippen LogP contribution is 2.28. The quantitative estimate of drug-likeness (QED) is 0.896. The maximum absolute atomic E-state index is 13.4. The fourth-order valence-corrected chi connectivity index (χ4v) is 1.96. The summed E-state index contributed by atoms with van der Waals surface area (Å²) in [6, 6.07) is 8.73. The first-order chi connectivity index (χ1) is 8.59. The molecule has 18 heavy (non-hydrogen) atoms. The molecule has 2 rings (SSSR count). The zero-order valence-electron chi connectivity index (χ0n) is 9.25. The van der Waals surface area contributed by atoms with Crippen LogP contribution in [-0.4, -0.2) is 5.11 Å². The average Bonchev–Trinajstić information content (AvgIpc) is 2.33. The summed E-state index contributed by atoms with van der Waals surface area (Å²) in [5.74, 6) is -1.27. The maximum atomic E-state index is 13.4. The van der Waals surface area contributed by atoms with Gasteiger partial charge in [-0.3, -0.25) is 0 Å². The predicted octanol–water partition coefficient (Wildman–Crippen LogP) is 4.05. The van der Waals surface area contributed by atoms with Crippen LogP contribution in [0.5, 0.6) is 5.75 Å². The van der Waals surface area contributed by atoms with Crippen molar-refractivity contribution >= 4 is 21.6 Å². The van der Waals surface area contributed by atoms with Crippen molar-refractivity contribution in [1.29, 1.82) is 0 Å². The predicted molar refractivity (Wildman–Crippen MR) is 69.5 cm³/mol. The summed E-state index contributed by atoms with van der Waals surface area (Å²) in [7, 11) is 0. The van der Waals surface area contributed by atoms with Gasteiger partial charge in [0.15, 0.2) is 0 Å². The highest BCUT2D eigenvalue weighted by Gasteiger charge is 2.09. The molecule has 0 spiro atoms. The Morgan fingerprint density at radius 3 is 2.33 bits per heavy atom. The fourth-order valence-electron chi connectivity index (χ4n) is 1.55. The van der Waals surface area contributed by atoms with Gasteiger partial charge in [-0.25, -0.2) is 8.78 Å². The molecule has 0 radical (unpaired) electrons. The van der Waals surface area contributed by atoms with E-state index in [4.69, 9.17) is 0 Å². The van der Waals surface area contributed by atoms with Crippen molar-refractivity contribution in [2.75, 3.05) is 5.32 Å². The lowest BCUT2D eigenvalue weighted by Gasteiger charge is -2.10. The van der Waals surface area contributed by atoms with Crippen LogP contribution in [0.15, 0.2) is 40.9 Å². The van der Waals surface area contributed by atoms with Crippen LogP contribution < -0.4 is 5.32 Å². The van der Waals surface area contributed by atoms with Gasteiger partial charge < -0.3 is 10.4 Å². The number of hydrogen-bond acceptors (Lipinski definition) is 2. The van der Waals surface area contributed by atoms with E-state index in [2.05, 4.69) is 21.2 Å². The molecule has 0 bridgehead atoms.